The Morgan fingerprint density at radius 1 is 1.26 bits per heavy atom. The zero-order valence-corrected chi connectivity index (χ0v) is 20.0. The highest BCUT2D eigenvalue weighted by molar-refractivity contribution is 5.88. The van der Waals surface area contributed by atoms with Crippen molar-refractivity contribution in [3.8, 4) is 5.88 Å². The van der Waals surface area contributed by atoms with Crippen molar-refractivity contribution in [3.05, 3.63) is 59.9 Å². The van der Waals surface area contributed by atoms with Gasteiger partial charge in [-0.2, -0.15) is 10.2 Å². The third-order valence-electron chi connectivity index (χ3n) is 6.38. The number of hydrogen-bond donors (Lipinski definition) is 3. The molecule has 2 saturated heterocycles. The Kier molecular flexibility index (Phi) is 6.80. The number of likely N-dealkylation sites (tertiary alicyclic amines) is 1. The van der Waals surface area contributed by atoms with Crippen LogP contribution in [0, 0.1) is 0 Å². The quantitative estimate of drug-likeness (QED) is 0.472. The first kappa shape index (κ1) is 23.1. The predicted molar refractivity (Wildman–Crippen MR) is 131 cm³/mol. The van der Waals surface area contributed by atoms with Crippen LogP contribution in [0.4, 0.5) is 16.3 Å². The van der Waals surface area contributed by atoms with E-state index >= 15 is 0 Å². The van der Waals surface area contributed by atoms with Gasteiger partial charge in [0.1, 0.15) is 12.2 Å². The van der Waals surface area contributed by atoms with Crippen LogP contribution in [0.3, 0.4) is 0 Å². The number of carbonyl (C=O) groups is 1. The van der Waals surface area contributed by atoms with Gasteiger partial charge in [-0.1, -0.05) is 32.0 Å². The van der Waals surface area contributed by atoms with Crippen molar-refractivity contribution in [3.63, 3.8) is 0 Å². The van der Waals surface area contributed by atoms with Gasteiger partial charge in [-0.25, -0.2) is 4.79 Å². The van der Waals surface area contributed by atoms with E-state index in [0.717, 1.165) is 23.4 Å². The number of ether oxygens (including phenoxy) is 2. The van der Waals surface area contributed by atoms with Gasteiger partial charge in [-0.05, 0) is 30.5 Å². The number of urea groups is 1. The van der Waals surface area contributed by atoms with E-state index in [1.165, 1.54) is 0 Å². The smallest absolute Gasteiger partial charge is 0.323 e. The van der Waals surface area contributed by atoms with Crippen LogP contribution in [0.2, 0.25) is 0 Å². The van der Waals surface area contributed by atoms with E-state index in [1.807, 2.05) is 42.5 Å². The summed E-state index contributed by atoms with van der Waals surface area (Å²) < 4.78 is 12.0. The van der Waals surface area contributed by atoms with Gasteiger partial charge in [-0.3, -0.25) is 10.4 Å². The van der Waals surface area contributed by atoms with Crippen LogP contribution in [0.5, 0.6) is 5.88 Å². The number of amides is 2. The van der Waals surface area contributed by atoms with Gasteiger partial charge in [0.15, 0.2) is 5.82 Å². The molecule has 3 aromatic rings. The van der Waals surface area contributed by atoms with E-state index in [9.17, 15) is 4.79 Å². The van der Waals surface area contributed by atoms with Gasteiger partial charge in [0, 0.05) is 42.9 Å². The Bertz CT molecular complexity index is 1140. The largest absolute Gasteiger partial charge is 0.471 e. The van der Waals surface area contributed by atoms with E-state index < -0.39 is 0 Å². The molecule has 0 unspecified atom stereocenters. The maximum Gasteiger partial charge on any atom is 0.323 e. The SMILES string of the molecule is CC(C)c1ccnnc1O[C@H]1CO[C@@H](c2cc(NC(=O)N3CC[C@@H](Nc4ccccc4)C3)n[nH]2)C1. The average molecular weight is 478 g/mol. The van der Waals surface area contributed by atoms with Crippen molar-refractivity contribution < 1.29 is 14.3 Å². The molecule has 2 aliphatic rings. The zero-order chi connectivity index (χ0) is 24.2. The molecule has 0 aliphatic carbocycles. The number of nitrogens with zero attached hydrogens (tertiary/aromatic N) is 4. The first-order chi connectivity index (χ1) is 17.0. The van der Waals surface area contributed by atoms with Crippen LogP contribution in [0.25, 0.3) is 0 Å². The van der Waals surface area contributed by atoms with Crippen LogP contribution in [-0.2, 0) is 4.74 Å². The molecule has 0 spiro atoms. The number of para-hydroxylation sites is 1. The molecule has 4 heterocycles. The summed E-state index contributed by atoms with van der Waals surface area (Å²) >= 11 is 0. The normalized spacial score (nSPS) is 21.9. The first-order valence-electron chi connectivity index (χ1n) is 12.1. The molecule has 2 fully saturated rings. The fraction of sp³-hybridized carbons (Fsp3) is 0.440. The minimum absolute atomic E-state index is 0.130. The van der Waals surface area contributed by atoms with Gasteiger partial charge in [0.2, 0.25) is 5.88 Å². The van der Waals surface area contributed by atoms with E-state index in [2.05, 4.69) is 44.9 Å². The average Bonchev–Trinajstić information content (AvgIpc) is 3.61. The minimum Gasteiger partial charge on any atom is -0.471 e. The van der Waals surface area contributed by atoms with E-state index in [-0.39, 0.29) is 30.2 Å². The van der Waals surface area contributed by atoms with Gasteiger partial charge in [0.25, 0.3) is 0 Å². The lowest BCUT2D eigenvalue weighted by Gasteiger charge is -2.17. The van der Waals surface area contributed by atoms with Crippen LogP contribution in [0.1, 0.15) is 50.0 Å². The number of aromatic nitrogens is 4. The van der Waals surface area contributed by atoms with Crippen molar-refractivity contribution in [1.82, 2.24) is 25.3 Å². The summed E-state index contributed by atoms with van der Waals surface area (Å²) in [5.41, 5.74) is 2.90. The second-order valence-electron chi connectivity index (χ2n) is 9.32. The van der Waals surface area contributed by atoms with Gasteiger partial charge < -0.3 is 19.7 Å². The summed E-state index contributed by atoms with van der Waals surface area (Å²) in [7, 11) is 0. The predicted octanol–water partition coefficient (Wildman–Crippen LogP) is 3.95. The second-order valence-corrected chi connectivity index (χ2v) is 9.32. The first-order valence-corrected chi connectivity index (χ1v) is 12.1. The molecule has 2 amide bonds. The summed E-state index contributed by atoms with van der Waals surface area (Å²) in [5, 5.41) is 21.7. The lowest BCUT2D eigenvalue weighted by molar-refractivity contribution is 0.0905. The summed E-state index contributed by atoms with van der Waals surface area (Å²) in [5.74, 6) is 1.32. The van der Waals surface area contributed by atoms with Gasteiger partial charge >= 0.3 is 6.03 Å². The molecular weight excluding hydrogens is 446 g/mol. The number of benzene rings is 1. The van der Waals surface area contributed by atoms with E-state index in [1.54, 1.807) is 11.1 Å². The van der Waals surface area contributed by atoms with E-state index in [4.69, 9.17) is 9.47 Å². The Hall–Kier alpha value is -3.66. The highest BCUT2D eigenvalue weighted by atomic mass is 16.6. The highest BCUT2D eigenvalue weighted by Crippen LogP contribution is 2.32. The van der Waals surface area contributed by atoms with Crippen LogP contribution in [0.15, 0.2) is 48.7 Å². The molecule has 3 N–H and O–H groups in total. The molecule has 0 radical (unpaired) electrons. The third-order valence-corrected chi connectivity index (χ3v) is 6.38. The molecule has 10 heteroatoms. The Morgan fingerprint density at radius 2 is 2.11 bits per heavy atom. The Labute approximate surface area is 204 Å². The molecule has 35 heavy (non-hydrogen) atoms. The summed E-state index contributed by atoms with van der Waals surface area (Å²) in [6.07, 6.45) is 2.91. The van der Waals surface area contributed by atoms with Gasteiger partial charge in [-0.15, -0.1) is 5.10 Å². The number of nitrogens with one attached hydrogen (secondary N) is 3. The molecular formula is C25H31N7O3. The lowest BCUT2D eigenvalue weighted by Crippen LogP contribution is -2.35. The molecule has 0 saturated carbocycles. The fourth-order valence-electron chi connectivity index (χ4n) is 4.50. The van der Waals surface area contributed by atoms with Crippen molar-refractivity contribution in [2.75, 3.05) is 30.3 Å². The molecule has 0 bridgehead atoms. The summed E-state index contributed by atoms with van der Waals surface area (Å²) in [4.78, 5) is 14.6. The Balaban J connectivity index is 1.12. The van der Waals surface area contributed by atoms with E-state index in [0.29, 0.717) is 37.8 Å². The number of rotatable bonds is 7. The van der Waals surface area contributed by atoms with Crippen molar-refractivity contribution in [2.24, 2.45) is 0 Å². The minimum atomic E-state index is -0.191. The van der Waals surface area contributed by atoms with Crippen LogP contribution < -0.4 is 15.4 Å². The van der Waals surface area contributed by atoms with Crippen molar-refractivity contribution in [2.45, 2.75) is 50.9 Å². The molecule has 184 valence electrons. The topological polar surface area (TPSA) is 117 Å². The van der Waals surface area contributed by atoms with Crippen molar-refractivity contribution in [1.29, 1.82) is 0 Å². The van der Waals surface area contributed by atoms with Gasteiger partial charge in [0.05, 0.1) is 18.5 Å². The number of aromatic amines is 1. The summed E-state index contributed by atoms with van der Waals surface area (Å²) in [6.45, 7) is 5.98. The maximum absolute atomic E-state index is 12.8. The maximum atomic E-state index is 12.8. The van der Waals surface area contributed by atoms with Crippen LogP contribution in [-0.4, -0.2) is 63.2 Å². The number of anilines is 2. The number of hydrogen-bond acceptors (Lipinski definition) is 7. The molecule has 5 rings (SSSR count). The highest BCUT2D eigenvalue weighted by Gasteiger charge is 2.31. The molecule has 2 aromatic heterocycles. The molecule has 1 aromatic carbocycles. The summed E-state index contributed by atoms with van der Waals surface area (Å²) in [6, 6.07) is 13.9. The monoisotopic (exact) mass is 477 g/mol. The standard InChI is InChI=1S/C25H31N7O3/c1-16(2)20-8-10-26-31-24(20)35-19-12-22(34-15-19)21-13-23(30-29-21)28-25(33)32-11-9-18(14-32)27-17-6-4-3-5-7-17/h3-8,10,13,16,18-19,22,27H,9,11-12,14-15H2,1-2H3,(H2,28,29,30,33)/t18-,19-,22-/m1/s1. The number of H-pyrrole nitrogens is 1. The molecule has 2 aliphatic heterocycles. The fourth-order valence-corrected chi connectivity index (χ4v) is 4.50. The van der Waals surface area contributed by atoms with Crippen LogP contribution >= 0.6 is 0 Å². The Morgan fingerprint density at radius 3 is 2.94 bits per heavy atom. The number of carbonyl (C=O) groups excluding carboxylic acids is 1. The molecule has 10 nitrogen and oxygen atoms in total. The lowest BCUT2D eigenvalue weighted by atomic mass is 10.1. The molecule has 3 atom stereocenters. The zero-order valence-electron chi connectivity index (χ0n) is 20.0. The third kappa shape index (κ3) is 5.54. The van der Waals surface area contributed by atoms with Crippen molar-refractivity contribution >= 4 is 17.5 Å². The second kappa shape index (κ2) is 10.3.